The number of para-hydroxylation sites is 1. The molecule has 30 heavy (non-hydrogen) atoms. The van der Waals surface area contributed by atoms with Crippen molar-refractivity contribution in [1.82, 2.24) is 19.4 Å². The molecule has 8 heteroatoms. The van der Waals surface area contributed by atoms with Crippen LogP contribution in [0, 0.1) is 0 Å². The van der Waals surface area contributed by atoms with E-state index in [4.69, 9.17) is 0 Å². The first kappa shape index (κ1) is 21.7. The van der Waals surface area contributed by atoms with E-state index in [9.17, 15) is 13.2 Å². The molecule has 0 bridgehead atoms. The zero-order valence-electron chi connectivity index (χ0n) is 17.2. The average Bonchev–Trinajstić information content (AvgIpc) is 3.24. The third kappa shape index (κ3) is 4.95. The molecule has 0 unspecified atom stereocenters. The third-order valence-corrected chi connectivity index (χ3v) is 6.82. The zero-order chi connectivity index (χ0) is 21.6. The van der Waals surface area contributed by atoms with Crippen LogP contribution in [0.2, 0.25) is 0 Å². The van der Waals surface area contributed by atoms with Crippen molar-refractivity contribution in [1.29, 1.82) is 0 Å². The Morgan fingerprint density at radius 3 is 2.47 bits per heavy atom. The van der Waals surface area contributed by atoms with Crippen molar-refractivity contribution in [2.75, 3.05) is 19.6 Å². The molecule has 1 aromatic heterocycles. The van der Waals surface area contributed by atoms with Gasteiger partial charge in [-0.3, -0.25) is 4.79 Å². The lowest BCUT2D eigenvalue weighted by Gasteiger charge is -2.18. The van der Waals surface area contributed by atoms with Crippen molar-refractivity contribution in [3.05, 3.63) is 78.1 Å². The Balaban J connectivity index is 1.61. The van der Waals surface area contributed by atoms with Gasteiger partial charge in [-0.2, -0.15) is 9.40 Å². The summed E-state index contributed by atoms with van der Waals surface area (Å²) < 4.78 is 28.5. The van der Waals surface area contributed by atoms with E-state index in [1.54, 1.807) is 30.7 Å². The van der Waals surface area contributed by atoms with Gasteiger partial charge in [0, 0.05) is 37.8 Å². The normalized spacial score (nSPS) is 11.6. The molecule has 0 atom stereocenters. The van der Waals surface area contributed by atoms with Gasteiger partial charge < -0.3 is 5.32 Å². The molecule has 1 heterocycles. The molecule has 1 N–H and O–H groups in total. The van der Waals surface area contributed by atoms with Gasteiger partial charge in [0.15, 0.2) is 0 Å². The lowest BCUT2D eigenvalue weighted by Crippen LogP contribution is -2.31. The minimum atomic E-state index is -3.60. The monoisotopic (exact) mass is 426 g/mol. The van der Waals surface area contributed by atoms with E-state index in [2.05, 4.69) is 10.4 Å². The second-order valence-corrected chi connectivity index (χ2v) is 8.65. The molecule has 0 aliphatic rings. The summed E-state index contributed by atoms with van der Waals surface area (Å²) in [5, 5.41) is 7.35. The number of nitrogens with one attached hydrogen (secondary N) is 1. The van der Waals surface area contributed by atoms with Gasteiger partial charge in [-0.15, -0.1) is 0 Å². The van der Waals surface area contributed by atoms with E-state index < -0.39 is 10.0 Å². The van der Waals surface area contributed by atoms with Crippen molar-refractivity contribution < 1.29 is 13.2 Å². The molecule has 7 nitrogen and oxygen atoms in total. The Hall–Kier alpha value is -2.97. The number of amides is 1. The number of benzene rings is 2. The van der Waals surface area contributed by atoms with Crippen LogP contribution in [-0.4, -0.2) is 48.0 Å². The molecule has 3 aromatic rings. The minimum Gasteiger partial charge on any atom is -0.352 e. The highest BCUT2D eigenvalue weighted by molar-refractivity contribution is 7.89. The summed E-state index contributed by atoms with van der Waals surface area (Å²) in [4.78, 5) is 12.6. The second-order valence-electron chi connectivity index (χ2n) is 6.71. The standard InChI is InChI=1S/C22H26N4O3S/c1-3-25(4-2)30(28,29)21-12-8-9-18(17-21)22(27)23-15-13-19-14-16-26(24-19)20-10-6-5-7-11-20/h5-12,14,16-17H,3-4,13,15H2,1-2H3,(H,23,27). The van der Waals surface area contributed by atoms with Crippen molar-refractivity contribution in [2.24, 2.45) is 0 Å². The summed E-state index contributed by atoms with van der Waals surface area (Å²) in [5.74, 6) is -0.311. The minimum absolute atomic E-state index is 0.125. The smallest absolute Gasteiger partial charge is 0.251 e. The summed E-state index contributed by atoms with van der Waals surface area (Å²) in [7, 11) is -3.60. The van der Waals surface area contributed by atoms with Gasteiger partial charge in [-0.1, -0.05) is 38.1 Å². The molecule has 0 radical (unpaired) electrons. The number of carbonyl (C=O) groups excluding carboxylic acids is 1. The van der Waals surface area contributed by atoms with Gasteiger partial charge >= 0.3 is 0 Å². The number of hydrogen-bond acceptors (Lipinski definition) is 4. The van der Waals surface area contributed by atoms with E-state index >= 15 is 0 Å². The van der Waals surface area contributed by atoms with E-state index in [1.165, 1.54) is 16.4 Å². The summed E-state index contributed by atoms with van der Waals surface area (Å²) in [6.45, 7) is 4.74. The molecule has 0 spiro atoms. The molecule has 3 rings (SSSR count). The van der Waals surface area contributed by atoms with Crippen LogP contribution >= 0.6 is 0 Å². The third-order valence-electron chi connectivity index (χ3n) is 4.77. The largest absolute Gasteiger partial charge is 0.352 e. The average molecular weight is 427 g/mol. The number of hydrogen-bond donors (Lipinski definition) is 1. The maximum atomic E-state index is 12.7. The predicted molar refractivity (Wildman–Crippen MR) is 116 cm³/mol. The Kier molecular flexibility index (Phi) is 7.02. The van der Waals surface area contributed by atoms with Gasteiger partial charge in [-0.05, 0) is 36.4 Å². The number of nitrogens with zero attached hydrogens (tertiary/aromatic N) is 3. The van der Waals surface area contributed by atoms with Crippen LogP contribution in [0.15, 0.2) is 71.8 Å². The topological polar surface area (TPSA) is 84.3 Å². The number of sulfonamides is 1. The van der Waals surface area contributed by atoms with E-state index in [1.807, 2.05) is 42.6 Å². The van der Waals surface area contributed by atoms with Crippen LogP contribution in [0.1, 0.15) is 29.9 Å². The summed E-state index contributed by atoms with van der Waals surface area (Å²) >= 11 is 0. The maximum absolute atomic E-state index is 12.7. The first-order valence-electron chi connectivity index (χ1n) is 9.94. The van der Waals surface area contributed by atoms with Crippen molar-refractivity contribution >= 4 is 15.9 Å². The lowest BCUT2D eigenvalue weighted by molar-refractivity contribution is 0.0954. The first-order valence-corrected chi connectivity index (χ1v) is 11.4. The molecule has 158 valence electrons. The Bertz CT molecular complexity index is 1090. The van der Waals surface area contributed by atoms with Gasteiger partial charge in [-0.25, -0.2) is 13.1 Å². The van der Waals surface area contributed by atoms with Crippen LogP contribution in [-0.2, 0) is 16.4 Å². The lowest BCUT2D eigenvalue weighted by atomic mass is 10.2. The predicted octanol–water partition coefficient (Wildman–Crippen LogP) is 2.88. The summed E-state index contributed by atoms with van der Waals surface area (Å²) in [6.07, 6.45) is 2.46. The highest BCUT2D eigenvalue weighted by atomic mass is 32.2. The molecule has 0 saturated carbocycles. The molecule has 2 aromatic carbocycles. The van der Waals surface area contributed by atoms with Crippen molar-refractivity contribution in [2.45, 2.75) is 25.2 Å². The fourth-order valence-electron chi connectivity index (χ4n) is 3.14. The molecule has 0 saturated heterocycles. The number of carbonyl (C=O) groups is 1. The maximum Gasteiger partial charge on any atom is 0.251 e. The van der Waals surface area contributed by atoms with Crippen LogP contribution < -0.4 is 5.32 Å². The first-order chi connectivity index (χ1) is 14.5. The van der Waals surface area contributed by atoms with Gasteiger partial charge in [0.2, 0.25) is 10.0 Å². The summed E-state index contributed by atoms with van der Waals surface area (Å²) in [6, 6.07) is 17.8. The van der Waals surface area contributed by atoms with Crippen LogP contribution in [0.4, 0.5) is 0 Å². The fourth-order valence-corrected chi connectivity index (χ4v) is 4.64. The van der Waals surface area contributed by atoms with Crippen molar-refractivity contribution in [3.63, 3.8) is 0 Å². The highest BCUT2D eigenvalue weighted by Crippen LogP contribution is 2.17. The number of aromatic nitrogens is 2. The van der Waals surface area contributed by atoms with Gasteiger partial charge in [0.05, 0.1) is 16.3 Å². The van der Waals surface area contributed by atoms with Crippen LogP contribution in [0.25, 0.3) is 5.69 Å². The number of rotatable bonds is 9. The van der Waals surface area contributed by atoms with E-state index in [-0.39, 0.29) is 10.8 Å². The summed E-state index contributed by atoms with van der Waals surface area (Å²) in [5.41, 5.74) is 2.15. The van der Waals surface area contributed by atoms with Crippen LogP contribution in [0.5, 0.6) is 0 Å². The quantitative estimate of drug-likeness (QED) is 0.570. The van der Waals surface area contributed by atoms with Crippen molar-refractivity contribution in [3.8, 4) is 5.69 Å². The highest BCUT2D eigenvalue weighted by Gasteiger charge is 2.22. The zero-order valence-corrected chi connectivity index (χ0v) is 18.0. The molecule has 0 fully saturated rings. The van der Waals surface area contributed by atoms with Gasteiger partial charge in [0.25, 0.3) is 5.91 Å². The second kappa shape index (κ2) is 9.69. The van der Waals surface area contributed by atoms with Crippen LogP contribution in [0.3, 0.4) is 0 Å². The molecular weight excluding hydrogens is 400 g/mol. The fraction of sp³-hybridized carbons (Fsp3) is 0.273. The van der Waals surface area contributed by atoms with Gasteiger partial charge in [0.1, 0.15) is 0 Å². The molecule has 0 aliphatic heterocycles. The SMILES string of the molecule is CCN(CC)S(=O)(=O)c1cccc(C(=O)NCCc2ccn(-c3ccccc3)n2)c1. The molecule has 1 amide bonds. The van der Waals surface area contributed by atoms with E-state index in [0.29, 0.717) is 31.6 Å². The Labute approximate surface area is 177 Å². The van der Waals surface area contributed by atoms with E-state index in [0.717, 1.165) is 11.4 Å². The Morgan fingerprint density at radius 2 is 1.77 bits per heavy atom. The molecular formula is C22H26N4O3S. The Morgan fingerprint density at radius 1 is 1.03 bits per heavy atom. The molecule has 0 aliphatic carbocycles.